The molecule has 0 aliphatic rings. The lowest BCUT2D eigenvalue weighted by Crippen LogP contribution is -2.48. The number of carbonyl (C=O) groups is 1. The molecule has 0 radical (unpaired) electrons. The normalized spacial score (nSPS) is 12.8. The molecule has 0 saturated carbocycles. The molecule has 0 aliphatic carbocycles. The number of rotatable bonds is 7. The van der Waals surface area contributed by atoms with E-state index < -0.39 is 11.9 Å². The molecule has 1 aromatic carbocycles. The molecule has 1 rings (SSSR count). The van der Waals surface area contributed by atoms with Gasteiger partial charge in [0.15, 0.2) is 17.7 Å². The Kier molecular flexibility index (Phi) is 6.66. The lowest BCUT2D eigenvalue weighted by Gasteiger charge is -2.28. The van der Waals surface area contributed by atoms with Crippen LogP contribution >= 0.6 is 0 Å². The number of hydrogen-bond donors (Lipinski definition) is 1. The molecule has 0 saturated heterocycles. The number of halogens is 1. The zero-order valence-corrected chi connectivity index (χ0v) is 13.5. The highest BCUT2D eigenvalue weighted by Crippen LogP contribution is 2.19. The van der Waals surface area contributed by atoms with Crippen LogP contribution in [0.25, 0.3) is 0 Å². The largest absolute Gasteiger partial charge is 0.478 e. The van der Waals surface area contributed by atoms with E-state index in [9.17, 15) is 9.18 Å². The molecule has 4 heteroatoms. The van der Waals surface area contributed by atoms with Crippen molar-refractivity contribution in [3.63, 3.8) is 0 Å². The lowest BCUT2D eigenvalue weighted by molar-refractivity contribution is -0.129. The minimum absolute atomic E-state index is 0.0794. The van der Waals surface area contributed by atoms with Gasteiger partial charge >= 0.3 is 0 Å². The summed E-state index contributed by atoms with van der Waals surface area (Å²) in [6.45, 7) is 10.1. The van der Waals surface area contributed by atoms with Crippen LogP contribution in [-0.4, -0.2) is 18.1 Å². The Morgan fingerprint density at radius 3 is 2.24 bits per heavy atom. The van der Waals surface area contributed by atoms with Crippen molar-refractivity contribution in [1.82, 2.24) is 5.32 Å². The highest BCUT2D eigenvalue weighted by Gasteiger charge is 2.25. The molecule has 0 spiro atoms. The Morgan fingerprint density at radius 2 is 1.76 bits per heavy atom. The summed E-state index contributed by atoms with van der Waals surface area (Å²) >= 11 is 0. The topological polar surface area (TPSA) is 38.3 Å². The molecule has 0 heterocycles. The van der Waals surface area contributed by atoms with Crippen molar-refractivity contribution in [3.05, 3.63) is 30.1 Å². The Labute approximate surface area is 126 Å². The third kappa shape index (κ3) is 5.03. The van der Waals surface area contributed by atoms with E-state index in [1.54, 1.807) is 12.1 Å². The predicted octanol–water partition coefficient (Wildman–Crippen LogP) is 3.78. The van der Waals surface area contributed by atoms with Crippen LogP contribution in [0.15, 0.2) is 24.3 Å². The summed E-state index contributed by atoms with van der Waals surface area (Å²) in [7, 11) is 0. The molecule has 1 aromatic rings. The van der Waals surface area contributed by atoms with Crippen LogP contribution in [0.5, 0.6) is 5.75 Å². The van der Waals surface area contributed by atoms with E-state index in [-0.39, 0.29) is 17.7 Å². The van der Waals surface area contributed by atoms with Gasteiger partial charge in [0.25, 0.3) is 5.91 Å². The van der Waals surface area contributed by atoms with Crippen LogP contribution in [0, 0.1) is 17.7 Å². The fourth-order valence-electron chi connectivity index (χ4n) is 2.38. The summed E-state index contributed by atoms with van der Waals surface area (Å²) in [6, 6.07) is 6.22. The van der Waals surface area contributed by atoms with Crippen LogP contribution in [0.3, 0.4) is 0 Å². The van der Waals surface area contributed by atoms with Gasteiger partial charge in [-0.25, -0.2) is 4.39 Å². The first-order chi connectivity index (χ1) is 9.86. The summed E-state index contributed by atoms with van der Waals surface area (Å²) in [5.41, 5.74) is 0. The number of para-hydroxylation sites is 1. The van der Waals surface area contributed by atoms with Gasteiger partial charge in [-0.3, -0.25) is 4.79 Å². The second-order valence-electron chi connectivity index (χ2n) is 5.97. The van der Waals surface area contributed by atoms with Gasteiger partial charge in [0, 0.05) is 6.04 Å². The van der Waals surface area contributed by atoms with Crippen molar-refractivity contribution < 1.29 is 13.9 Å². The van der Waals surface area contributed by atoms with Gasteiger partial charge in [-0.2, -0.15) is 0 Å². The van der Waals surface area contributed by atoms with E-state index in [1.165, 1.54) is 12.1 Å². The fraction of sp³-hybridized carbons (Fsp3) is 0.588. The van der Waals surface area contributed by atoms with Crippen molar-refractivity contribution in [1.29, 1.82) is 0 Å². The van der Waals surface area contributed by atoms with Gasteiger partial charge in [0.2, 0.25) is 0 Å². The third-order valence-electron chi connectivity index (χ3n) is 3.51. The van der Waals surface area contributed by atoms with Crippen molar-refractivity contribution in [2.75, 3.05) is 0 Å². The number of nitrogens with one attached hydrogen (secondary N) is 1. The minimum atomic E-state index is -0.679. The maximum absolute atomic E-state index is 13.6. The number of hydrogen-bond acceptors (Lipinski definition) is 2. The van der Waals surface area contributed by atoms with Crippen LogP contribution in [0.2, 0.25) is 0 Å². The summed E-state index contributed by atoms with van der Waals surface area (Å²) in [6.07, 6.45) is -0.190. The summed E-state index contributed by atoms with van der Waals surface area (Å²) in [5, 5.41) is 3.02. The maximum atomic E-state index is 13.6. The third-order valence-corrected chi connectivity index (χ3v) is 3.51. The van der Waals surface area contributed by atoms with Gasteiger partial charge in [-0.05, 0) is 30.4 Å². The molecule has 1 amide bonds. The van der Waals surface area contributed by atoms with Gasteiger partial charge in [-0.1, -0.05) is 46.8 Å². The van der Waals surface area contributed by atoms with Crippen molar-refractivity contribution in [2.24, 2.45) is 11.8 Å². The first-order valence-electron chi connectivity index (χ1n) is 7.58. The molecule has 1 atom stereocenters. The van der Waals surface area contributed by atoms with Gasteiger partial charge in [0.1, 0.15) is 0 Å². The minimum Gasteiger partial charge on any atom is -0.478 e. The standard InChI is InChI=1S/C17H26FNO2/c1-6-14(21-15-10-8-7-9-13(15)18)17(20)19-16(11(2)3)12(4)5/h7-12,14,16H,6H2,1-5H3,(H,19,20)/t14-/m1/s1. The smallest absolute Gasteiger partial charge is 0.261 e. The molecule has 0 fully saturated rings. The van der Waals surface area contributed by atoms with Crippen LogP contribution < -0.4 is 10.1 Å². The van der Waals surface area contributed by atoms with Gasteiger partial charge < -0.3 is 10.1 Å². The molecular weight excluding hydrogens is 269 g/mol. The number of ether oxygens (including phenoxy) is 1. The predicted molar refractivity (Wildman–Crippen MR) is 82.7 cm³/mol. The molecule has 118 valence electrons. The second-order valence-corrected chi connectivity index (χ2v) is 5.97. The molecule has 0 aliphatic heterocycles. The van der Waals surface area contributed by atoms with Crippen molar-refractivity contribution >= 4 is 5.91 Å². The van der Waals surface area contributed by atoms with E-state index in [1.807, 2.05) is 6.92 Å². The highest BCUT2D eigenvalue weighted by molar-refractivity contribution is 5.81. The Morgan fingerprint density at radius 1 is 1.19 bits per heavy atom. The Bertz CT molecular complexity index is 452. The first-order valence-corrected chi connectivity index (χ1v) is 7.58. The number of carbonyl (C=O) groups excluding carboxylic acids is 1. The van der Waals surface area contributed by atoms with Crippen LogP contribution in [0.1, 0.15) is 41.0 Å². The van der Waals surface area contributed by atoms with E-state index in [0.717, 1.165) is 0 Å². The average molecular weight is 295 g/mol. The van der Waals surface area contributed by atoms with E-state index in [4.69, 9.17) is 4.74 Å². The van der Waals surface area contributed by atoms with Crippen molar-refractivity contribution in [3.8, 4) is 5.75 Å². The average Bonchev–Trinajstić information content (AvgIpc) is 2.42. The maximum Gasteiger partial charge on any atom is 0.261 e. The molecule has 0 bridgehead atoms. The van der Waals surface area contributed by atoms with Gasteiger partial charge in [-0.15, -0.1) is 0 Å². The number of amides is 1. The SMILES string of the molecule is CC[C@@H](Oc1ccccc1F)C(=O)NC(C(C)C)C(C)C. The Hall–Kier alpha value is -1.58. The monoisotopic (exact) mass is 295 g/mol. The fourth-order valence-corrected chi connectivity index (χ4v) is 2.38. The highest BCUT2D eigenvalue weighted by atomic mass is 19.1. The quantitative estimate of drug-likeness (QED) is 0.831. The van der Waals surface area contributed by atoms with E-state index in [0.29, 0.717) is 18.3 Å². The molecule has 1 N–H and O–H groups in total. The zero-order valence-electron chi connectivity index (χ0n) is 13.5. The molecular formula is C17H26FNO2. The lowest BCUT2D eigenvalue weighted by atomic mass is 9.93. The van der Waals surface area contributed by atoms with E-state index in [2.05, 4.69) is 33.0 Å². The first kappa shape index (κ1) is 17.5. The molecule has 0 unspecified atom stereocenters. The van der Waals surface area contributed by atoms with Crippen LogP contribution in [0.4, 0.5) is 4.39 Å². The van der Waals surface area contributed by atoms with Crippen molar-refractivity contribution in [2.45, 2.75) is 53.2 Å². The summed E-state index contributed by atoms with van der Waals surface area (Å²) in [4.78, 5) is 12.4. The molecule has 0 aromatic heterocycles. The zero-order chi connectivity index (χ0) is 16.0. The molecule has 3 nitrogen and oxygen atoms in total. The van der Waals surface area contributed by atoms with Crippen LogP contribution in [-0.2, 0) is 4.79 Å². The molecule has 21 heavy (non-hydrogen) atoms. The van der Waals surface area contributed by atoms with E-state index >= 15 is 0 Å². The van der Waals surface area contributed by atoms with Gasteiger partial charge in [0.05, 0.1) is 0 Å². The summed E-state index contributed by atoms with van der Waals surface area (Å²) < 4.78 is 19.1. The summed E-state index contributed by atoms with van der Waals surface area (Å²) in [5.74, 6) is 0.145. The second kappa shape index (κ2) is 8.01. The Balaban J connectivity index is 2.76. The number of benzene rings is 1.